The maximum Gasteiger partial charge on any atom is 0.318 e. The molecule has 2 bridgehead atoms. The molecular formula is C11H17N5O2. The molecule has 2 atom stereocenters. The van der Waals surface area contributed by atoms with Crippen LogP contribution in [0, 0.1) is 0 Å². The highest BCUT2D eigenvalue weighted by Gasteiger charge is 2.38. The van der Waals surface area contributed by atoms with Gasteiger partial charge in [-0.15, -0.1) is 5.10 Å². The van der Waals surface area contributed by atoms with Crippen LogP contribution in [0.15, 0.2) is 6.20 Å². The number of urea groups is 1. The summed E-state index contributed by atoms with van der Waals surface area (Å²) < 4.78 is 6.80. The Balaban J connectivity index is 1.66. The van der Waals surface area contributed by atoms with E-state index in [0.717, 1.165) is 25.1 Å². The Bertz CT molecular complexity index is 446. The molecule has 0 aliphatic carbocycles. The van der Waals surface area contributed by atoms with Crippen molar-refractivity contribution in [1.29, 1.82) is 0 Å². The molecule has 1 aromatic heterocycles. The van der Waals surface area contributed by atoms with Crippen molar-refractivity contribution in [3.63, 3.8) is 0 Å². The SMILES string of the molecule is COCc1cn(C[C@@H]2CC[C@@H]3CN2C(=O)N3)nn1. The topological polar surface area (TPSA) is 72.3 Å². The second kappa shape index (κ2) is 4.56. The Labute approximate surface area is 105 Å². The van der Waals surface area contributed by atoms with E-state index >= 15 is 0 Å². The van der Waals surface area contributed by atoms with Gasteiger partial charge in [-0.05, 0) is 12.8 Å². The highest BCUT2D eigenvalue weighted by Crippen LogP contribution is 2.23. The lowest BCUT2D eigenvalue weighted by Gasteiger charge is -2.30. The van der Waals surface area contributed by atoms with E-state index in [2.05, 4.69) is 15.6 Å². The van der Waals surface area contributed by atoms with Crippen LogP contribution in [-0.2, 0) is 17.9 Å². The van der Waals surface area contributed by atoms with E-state index in [1.165, 1.54) is 0 Å². The number of hydrogen-bond acceptors (Lipinski definition) is 4. The lowest BCUT2D eigenvalue weighted by atomic mass is 10.0. The molecule has 1 N–H and O–H groups in total. The van der Waals surface area contributed by atoms with E-state index in [4.69, 9.17) is 4.74 Å². The van der Waals surface area contributed by atoms with Gasteiger partial charge in [0.15, 0.2) is 0 Å². The molecule has 2 aliphatic rings. The minimum absolute atomic E-state index is 0.0553. The van der Waals surface area contributed by atoms with Gasteiger partial charge in [-0.1, -0.05) is 5.21 Å². The van der Waals surface area contributed by atoms with Gasteiger partial charge in [0.25, 0.3) is 0 Å². The first-order chi connectivity index (χ1) is 8.76. The number of piperidine rings is 1. The van der Waals surface area contributed by atoms with Crippen LogP contribution in [0.5, 0.6) is 0 Å². The van der Waals surface area contributed by atoms with Crippen LogP contribution in [0.1, 0.15) is 18.5 Å². The number of carbonyl (C=O) groups is 1. The Hall–Kier alpha value is -1.63. The van der Waals surface area contributed by atoms with E-state index in [0.29, 0.717) is 19.2 Å². The van der Waals surface area contributed by atoms with Gasteiger partial charge < -0.3 is 15.0 Å². The Morgan fingerprint density at radius 2 is 2.44 bits per heavy atom. The zero-order chi connectivity index (χ0) is 12.5. The molecule has 98 valence electrons. The van der Waals surface area contributed by atoms with Gasteiger partial charge >= 0.3 is 6.03 Å². The van der Waals surface area contributed by atoms with Gasteiger partial charge in [0.05, 0.1) is 25.4 Å². The molecule has 18 heavy (non-hydrogen) atoms. The maximum absolute atomic E-state index is 11.7. The van der Waals surface area contributed by atoms with Crippen LogP contribution in [0.25, 0.3) is 0 Å². The predicted molar refractivity (Wildman–Crippen MR) is 62.8 cm³/mol. The number of methoxy groups -OCH3 is 1. The summed E-state index contributed by atoms with van der Waals surface area (Å²) in [4.78, 5) is 13.6. The molecule has 3 rings (SSSR count). The molecule has 2 amide bonds. The minimum Gasteiger partial charge on any atom is -0.378 e. The van der Waals surface area contributed by atoms with Crippen LogP contribution < -0.4 is 5.32 Å². The van der Waals surface area contributed by atoms with Gasteiger partial charge in [0.2, 0.25) is 0 Å². The summed E-state index contributed by atoms with van der Waals surface area (Å²) in [6.45, 7) is 2.00. The molecule has 0 saturated carbocycles. The monoisotopic (exact) mass is 251 g/mol. The first-order valence-corrected chi connectivity index (χ1v) is 6.21. The largest absolute Gasteiger partial charge is 0.378 e. The minimum atomic E-state index is 0.0553. The first-order valence-electron chi connectivity index (χ1n) is 6.21. The molecule has 0 spiro atoms. The quantitative estimate of drug-likeness (QED) is 0.816. The van der Waals surface area contributed by atoms with E-state index in [1.54, 1.807) is 11.8 Å². The number of rotatable bonds is 4. The van der Waals surface area contributed by atoms with Gasteiger partial charge in [-0.3, -0.25) is 4.68 Å². The molecule has 0 aromatic carbocycles. The van der Waals surface area contributed by atoms with Crippen molar-refractivity contribution in [1.82, 2.24) is 25.2 Å². The van der Waals surface area contributed by atoms with Gasteiger partial charge in [-0.2, -0.15) is 0 Å². The number of amides is 2. The Morgan fingerprint density at radius 1 is 1.56 bits per heavy atom. The zero-order valence-electron chi connectivity index (χ0n) is 10.4. The number of ether oxygens (including phenoxy) is 1. The van der Waals surface area contributed by atoms with E-state index in [1.807, 2.05) is 11.1 Å². The molecule has 2 saturated heterocycles. The third-order valence-electron chi connectivity index (χ3n) is 3.57. The third-order valence-corrected chi connectivity index (χ3v) is 3.57. The number of fused-ring (bicyclic) bond motifs is 2. The summed E-state index contributed by atoms with van der Waals surface area (Å²) in [6.07, 6.45) is 3.94. The highest BCUT2D eigenvalue weighted by atomic mass is 16.5. The fourth-order valence-corrected chi connectivity index (χ4v) is 2.70. The molecule has 2 aliphatic heterocycles. The van der Waals surface area contributed by atoms with Crippen LogP contribution in [0.3, 0.4) is 0 Å². The van der Waals surface area contributed by atoms with E-state index in [-0.39, 0.29) is 12.1 Å². The molecule has 2 fully saturated rings. The summed E-state index contributed by atoms with van der Waals surface area (Å²) in [5.41, 5.74) is 0.817. The van der Waals surface area contributed by atoms with Crippen molar-refractivity contribution in [2.75, 3.05) is 13.7 Å². The highest BCUT2D eigenvalue weighted by molar-refractivity contribution is 5.77. The van der Waals surface area contributed by atoms with E-state index < -0.39 is 0 Å². The van der Waals surface area contributed by atoms with Crippen molar-refractivity contribution >= 4 is 6.03 Å². The van der Waals surface area contributed by atoms with Crippen LogP contribution >= 0.6 is 0 Å². The molecule has 3 heterocycles. The summed E-state index contributed by atoms with van der Waals surface area (Å²) in [5.74, 6) is 0. The fourth-order valence-electron chi connectivity index (χ4n) is 2.70. The maximum atomic E-state index is 11.7. The first kappa shape index (κ1) is 11.5. The number of aromatic nitrogens is 3. The third kappa shape index (κ3) is 2.05. The van der Waals surface area contributed by atoms with Crippen molar-refractivity contribution in [3.05, 3.63) is 11.9 Å². The number of carbonyl (C=O) groups excluding carboxylic acids is 1. The van der Waals surface area contributed by atoms with Gasteiger partial charge in [0, 0.05) is 19.7 Å². The number of nitrogens with zero attached hydrogens (tertiary/aromatic N) is 4. The number of nitrogens with one attached hydrogen (secondary N) is 1. The Kier molecular flexibility index (Phi) is 2.91. The summed E-state index contributed by atoms with van der Waals surface area (Å²) in [6, 6.07) is 0.620. The van der Waals surface area contributed by atoms with Crippen molar-refractivity contribution < 1.29 is 9.53 Å². The molecule has 7 nitrogen and oxygen atoms in total. The van der Waals surface area contributed by atoms with E-state index in [9.17, 15) is 4.79 Å². The predicted octanol–water partition coefficient (Wildman–Crippen LogP) is -0.0193. The Morgan fingerprint density at radius 3 is 3.28 bits per heavy atom. The molecule has 7 heteroatoms. The van der Waals surface area contributed by atoms with Crippen LogP contribution in [0.4, 0.5) is 4.79 Å². The molecule has 0 unspecified atom stereocenters. The average molecular weight is 251 g/mol. The van der Waals surface area contributed by atoms with Gasteiger partial charge in [-0.25, -0.2) is 4.79 Å². The molecule has 0 radical (unpaired) electrons. The standard InChI is InChI=1S/C11H17N5O2/c1-18-7-9-4-15(14-13-9)6-10-3-2-8-5-16(10)11(17)12-8/h4,8,10H,2-3,5-7H2,1H3,(H,12,17)/t8-,10+/m1/s1. The fraction of sp³-hybridized carbons (Fsp3) is 0.727. The lowest BCUT2D eigenvalue weighted by molar-refractivity contribution is 0.170. The normalized spacial score (nSPS) is 26.5. The lowest BCUT2D eigenvalue weighted by Crippen LogP contribution is -2.42. The van der Waals surface area contributed by atoms with Crippen LogP contribution in [0.2, 0.25) is 0 Å². The van der Waals surface area contributed by atoms with Crippen molar-refractivity contribution in [2.45, 2.75) is 38.1 Å². The number of hydrogen-bond donors (Lipinski definition) is 1. The average Bonchev–Trinajstić information content (AvgIpc) is 2.90. The van der Waals surface area contributed by atoms with Crippen molar-refractivity contribution in [2.24, 2.45) is 0 Å². The summed E-state index contributed by atoms with van der Waals surface area (Å²) in [5, 5.41) is 11.1. The molecule has 1 aromatic rings. The zero-order valence-corrected chi connectivity index (χ0v) is 10.4. The molecular weight excluding hydrogens is 234 g/mol. The van der Waals surface area contributed by atoms with Crippen LogP contribution in [-0.4, -0.2) is 51.7 Å². The second-order valence-corrected chi connectivity index (χ2v) is 4.89. The van der Waals surface area contributed by atoms with Crippen molar-refractivity contribution in [3.8, 4) is 0 Å². The summed E-state index contributed by atoms with van der Waals surface area (Å²) in [7, 11) is 1.63. The van der Waals surface area contributed by atoms with Gasteiger partial charge in [0.1, 0.15) is 5.69 Å². The summed E-state index contributed by atoms with van der Waals surface area (Å²) >= 11 is 0. The second-order valence-electron chi connectivity index (χ2n) is 4.89. The smallest absolute Gasteiger partial charge is 0.318 e.